The Balaban J connectivity index is 3.09. The van der Waals surface area contributed by atoms with Crippen LogP contribution in [0.25, 0.3) is 0 Å². The number of rotatable bonds is 3. The molecule has 0 saturated heterocycles. The molecule has 0 atom stereocenters. The fraction of sp³-hybridized carbons (Fsp3) is 0.400. The summed E-state index contributed by atoms with van der Waals surface area (Å²) in [7, 11) is -2.80. The van der Waals surface area contributed by atoms with E-state index < -0.39 is 27.4 Å². The van der Waals surface area contributed by atoms with E-state index in [-0.39, 0.29) is 11.3 Å². The third-order valence-corrected chi connectivity index (χ3v) is 3.13. The van der Waals surface area contributed by atoms with E-state index in [1.165, 1.54) is 25.9 Å². The Kier molecular flexibility index (Phi) is 4.27. The molecule has 1 heterocycles. The lowest BCUT2D eigenvalue weighted by molar-refractivity contribution is -0.0501. The molecule has 0 radical (unpaired) electrons. The smallest absolute Gasteiger partial charge is 0.355 e. The van der Waals surface area contributed by atoms with Crippen molar-refractivity contribution in [1.82, 2.24) is 9.88 Å². The van der Waals surface area contributed by atoms with E-state index in [0.29, 0.717) is 0 Å². The Morgan fingerprint density at radius 2 is 1.85 bits per heavy atom. The van der Waals surface area contributed by atoms with Crippen LogP contribution in [0.1, 0.15) is 16.1 Å². The number of alkyl halides is 3. The molecule has 10 heteroatoms. The van der Waals surface area contributed by atoms with Gasteiger partial charge in [0.15, 0.2) is 0 Å². The molecule has 0 aliphatic heterocycles. The fourth-order valence-corrected chi connectivity index (χ4v) is 1.62. The summed E-state index contributed by atoms with van der Waals surface area (Å²) in [6.45, 7) is 1.35. The summed E-state index contributed by atoms with van der Waals surface area (Å²) in [5, 5.41) is 0. The van der Waals surface area contributed by atoms with Crippen LogP contribution in [0.4, 0.5) is 13.2 Å². The zero-order valence-electron chi connectivity index (χ0n) is 10.7. The minimum atomic E-state index is -5.77. The number of aryl methyl sites for hydroxylation is 1. The molecule has 0 N–H and O–H groups in total. The average Bonchev–Trinajstić information content (AvgIpc) is 2.26. The molecule has 0 saturated carbocycles. The van der Waals surface area contributed by atoms with Gasteiger partial charge >= 0.3 is 15.6 Å². The van der Waals surface area contributed by atoms with Crippen molar-refractivity contribution in [3.8, 4) is 5.88 Å². The summed E-state index contributed by atoms with van der Waals surface area (Å²) >= 11 is 0. The number of nitrogens with zero attached hydrogens (tertiary/aromatic N) is 2. The van der Waals surface area contributed by atoms with Crippen LogP contribution in [-0.4, -0.2) is 43.8 Å². The lowest BCUT2D eigenvalue weighted by atomic mass is 10.2. The van der Waals surface area contributed by atoms with Crippen LogP contribution in [-0.2, 0) is 10.1 Å². The predicted octanol–water partition coefficient (Wildman–Crippen LogP) is 1.32. The van der Waals surface area contributed by atoms with E-state index in [1.807, 2.05) is 0 Å². The van der Waals surface area contributed by atoms with Gasteiger partial charge in [0.2, 0.25) is 5.88 Å². The predicted molar refractivity (Wildman–Crippen MR) is 62.6 cm³/mol. The van der Waals surface area contributed by atoms with E-state index in [9.17, 15) is 26.4 Å². The molecule has 112 valence electrons. The topological polar surface area (TPSA) is 76.6 Å². The highest BCUT2D eigenvalue weighted by atomic mass is 32.2. The lowest BCUT2D eigenvalue weighted by Crippen LogP contribution is -2.28. The van der Waals surface area contributed by atoms with Crippen LogP contribution in [0.2, 0.25) is 0 Å². The van der Waals surface area contributed by atoms with Gasteiger partial charge in [-0.15, -0.1) is 0 Å². The van der Waals surface area contributed by atoms with Crippen LogP contribution in [0, 0.1) is 6.92 Å². The van der Waals surface area contributed by atoms with Crippen LogP contribution >= 0.6 is 0 Å². The summed E-state index contributed by atoms with van der Waals surface area (Å²) in [4.78, 5) is 16.4. The summed E-state index contributed by atoms with van der Waals surface area (Å²) in [5.74, 6) is -1.17. The number of pyridine rings is 1. The van der Waals surface area contributed by atoms with Crippen molar-refractivity contribution in [2.45, 2.75) is 12.4 Å². The third-order valence-electron chi connectivity index (χ3n) is 2.18. The number of hydrogen-bond donors (Lipinski definition) is 0. The van der Waals surface area contributed by atoms with Gasteiger partial charge in [-0.3, -0.25) is 4.79 Å². The third kappa shape index (κ3) is 3.38. The van der Waals surface area contributed by atoms with Crippen molar-refractivity contribution in [1.29, 1.82) is 0 Å². The first-order valence-corrected chi connectivity index (χ1v) is 6.56. The molecule has 0 unspecified atom stereocenters. The molecule has 0 fully saturated rings. The molecular formula is C10H11F3N2O4S. The number of amides is 1. The van der Waals surface area contributed by atoms with E-state index >= 15 is 0 Å². The maximum absolute atomic E-state index is 12.1. The standard InChI is InChI=1S/C10H11F3N2O4S/c1-6-7(9(16)15(2)3)4-5-8(14-6)19-20(17,18)10(11,12)13/h4-5H,1-3H3. The molecule has 1 aromatic heterocycles. The van der Waals surface area contributed by atoms with Gasteiger partial charge in [0.25, 0.3) is 5.91 Å². The van der Waals surface area contributed by atoms with E-state index in [2.05, 4.69) is 9.17 Å². The van der Waals surface area contributed by atoms with Crippen molar-refractivity contribution >= 4 is 16.0 Å². The largest absolute Gasteiger partial charge is 0.534 e. The molecular weight excluding hydrogens is 301 g/mol. The lowest BCUT2D eigenvalue weighted by Gasteiger charge is -2.13. The quantitative estimate of drug-likeness (QED) is 0.621. The molecule has 0 spiro atoms. The number of hydrogen-bond acceptors (Lipinski definition) is 5. The van der Waals surface area contributed by atoms with Gasteiger partial charge in [-0.05, 0) is 13.0 Å². The molecule has 0 aliphatic carbocycles. The maximum atomic E-state index is 12.1. The zero-order chi connectivity index (χ0) is 15.7. The molecule has 0 bridgehead atoms. The van der Waals surface area contributed by atoms with Crippen molar-refractivity contribution in [2.24, 2.45) is 0 Å². The highest BCUT2D eigenvalue weighted by Crippen LogP contribution is 2.26. The number of carbonyl (C=O) groups excluding carboxylic acids is 1. The fourth-order valence-electron chi connectivity index (χ4n) is 1.21. The first-order chi connectivity index (χ1) is 8.95. The van der Waals surface area contributed by atoms with Crippen LogP contribution in [0.5, 0.6) is 5.88 Å². The Morgan fingerprint density at radius 3 is 2.25 bits per heavy atom. The monoisotopic (exact) mass is 312 g/mol. The molecule has 0 aromatic carbocycles. The Bertz CT molecular complexity index is 626. The summed E-state index contributed by atoms with van der Waals surface area (Å²) in [6.07, 6.45) is 0. The Hall–Kier alpha value is -1.84. The second-order valence-electron chi connectivity index (χ2n) is 3.97. The minimum absolute atomic E-state index is 0.0542. The van der Waals surface area contributed by atoms with Crippen LogP contribution in [0.15, 0.2) is 12.1 Å². The van der Waals surface area contributed by atoms with Crippen LogP contribution in [0.3, 0.4) is 0 Å². The number of aromatic nitrogens is 1. The zero-order valence-corrected chi connectivity index (χ0v) is 11.5. The van der Waals surface area contributed by atoms with E-state index in [1.54, 1.807) is 0 Å². The van der Waals surface area contributed by atoms with Gasteiger partial charge in [-0.25, -0.2) is 4.98 Å². The SMILES string of the molecule is Cc1nc(OS(=O)(=O)C(F)(F)F)ccc1C(=O)N(C)C. The van der Waals surface area contributed by atoms with E-state index in [4.69, 9.17) is 0 Å². The molecule has 1 aromatic rings. The minimum Gasteiger partial charge on any atom is -0.355 e. The van der Waals surface area contributed by atoms with Gasteiger partial charge in [-0.1, -0.05) is 0 Å². The van der Waals surface area contributed by atoms with Crippen molar-refractivity contribution < 1.29 is 30.6 Å². The van der Waals surface area contributed by atoms with E-state index in [0.717, 1.165) is 12.1 Å². The van der Waals surface area contributed by atoms with Crippen molar-refractivity contribution in [2.75, 3.05) is 14.1 Å². The van der Waals surface area contributed by atoms with Crippen molar-refractivity contribution in [3.63, 3.8) is 0 Å². The molecule has 20 heavy (non-hydrogen) atoms. The van der Waals surface area contributed by atoms with Gasteiger partial charge in [0, 0.05) is 20.2 Å². The summed E-state index contributed by atoms with van der Waals surface area (Å²) < 4.78 is 61.8. The van der Waals surface area contributed by atoms with Gasteiger partial charge in [-0.2, -0.15) is 21.6 Å². The van der Waals surface area contributed by atoms with Gasteiger partial charge in [0.05, 0.1) is 11.3 Å². The highest BCUT2D eigenvalue weighted by Gasteiger charge is 2.48. The molecule has 1 amide bonds. The first kappa shape index (κ1) is 16.2. The molecule has 0 aliphatic rings. The van der Waals surface area contributed by atoms with Gasteiger partial charge < -0.3 is 9.08 Å². The summed E-state index contributed by atoms with van der Waals surface area (Å²) in [5.41, 5.74) is -5.36. The number of carbonyl (C=O) groups is 1. The normalized spacial score (nSPS) is 12.1. The maximum Gasteiger partial charge on any atom is 0.534 e. The Labute approximate surface area is 113 Å². The second kappa shape index (κ2) is 5.27. The highest BCUT2D eigenvalue weighted by molar-refractivity contribution is 7.87. The number of halogens is 3. The van der Waals surface area contributed by atoms with Crippen molar-refractivity contribution in [3.05, 3.63) is 23.4 Å². The Morgan fingerprint density at radius 1 is 1.30 bits per heavy atom. The summed E-state index contributed by atoms with van der Waals surface area (Å²) in [6, 6.07) is 2.03. The van der Waals surface area contributed by atoms with Gasteiger partial charge in [0.1, 0.15) is 0 Å². The first-order valence-electron chi connectivity index (χ1n) is 5.16. The average molecular weight is 312 g/mol. The molecule has 1 rings (SSSR count). The second-order valence-corrected chi connectivity index (χ2v) is 5.50. The van der Waals surface area contributed by atoms with Crippen LogP contribution < -0.4 is 4.18 Å². The molecule has 6 nitrogen and oxygen atoms in total.